The summed E-state index contributed by atoms with van der Waals surface area (Å²) >= 11 is 0. The van der Waals surface area contributed by atoms with Gasteiger partial charge in [0.05, 0.1) is 0 Å². The highest BCUT2D eigenvalue weighted by molar-refractivity contribution is 7.89. The number of nitrogens with one attached hydrogen (secondary N) is 1. The topological polar surface area (TPSA) is 91.6 Å². The quantitative estimate of drug-likeness (QED) is 0.695. The van der Waals surface area contributed by atoms with Crippen molar-refractivity contribution in [2.24, 2.45) is 7.05 Å². The Bertz CT molecular complexity index is 1270. The first kappa shape index (κ1) is 18.1. The normalized spacial score (nSPS) is 15.6. The molecule has 3 aromatic rings. The summed E-state index contributed by atoms with van der Waals surface area (Å²) in [4.78, 5) is 12.9. The number of sulfonamides is 1. The summed E-state index contributed by atoms with van der Waals surface area (Å²) in [6.45, 7) is 1.88. The van der Waals surface area contributed by atoms with Gasteiger partial charge in [-0.3, -0.25) is 9.10 Å². The van der Waals surface area contributed by atoms with E-state index in [9.17, 15) is 18.3 Å². The second-order valence-corrected chi connectivity index (χ2v) is 8.65. The predicted octanol–water partition coefficient (Wildman–Crippen LogP) is 2.99. The summed E-state index contributed by atoms with van der Waals surface area (Å²) in [6, 6.07) is 14.1. The number of para-hydroxylation sites is 1. The molecular formula is C20H19N3O4S. The molecule has 0 fully saturated rings. The van der Waals surface area contributed by atoms with Crippen molar-refractivity contribution < 1.29 is 18.3 Å². The largest absolute Gasteiger partial charge is 0.504 e. The van der Waals surface area contributed by atoms with E-state index in [0.29, 0.717) is 16.6 Å². The first-order valence-corrected chi connectivity index (χ1v) is 10.1. The van der Waals surface area contributed by atoms with Gasteiger partial charge in [0.15, 0.2) is 11.5 Å². The zero-order valence-electron chi connectivity index (χ0n) is 15.6. The molecule has 2 aromatic carbocycles. The fourth-order valence-electron chi connectivity index (χ4n) is 3.57. The van der Waals surface area contributed by atoms with Crippen molar-refractivity contribution in [3.8, 4) is 0 Å². The maximum absolute atomic E-state index is 13.2. The van der Waals surface area contributed by atoms with Crippen LogP contribution >= 0.6 is 0 Å². The van der Waals surface area contributed by atoms with Crippen LogP contribution in [0.5, 0.6) is 0 Å². The van der Waals surface area contributed by atoms with Gasteiger partial charge in [0, 0.05) is 30.7 Å². The molecular weight excluding hydrogens is 378 g/mol. The van der Waals surface area contributed by atoms with Crippen LogP contribution < -0.4 is 5.32 Å². The van der Waals surface area contributed by atoms with E-state index in [-0.39, 0.29) is 22.0 Å². The Kier molecular flexibility index (Phi) is 3.97. The fourth-order valence-corrected chi connectivity index (χ4v) is 5.18. The Morgan fingerprint density at radius 1 is 1.07 bits per heavy atom. The maximum atomic E-state index is 13.2. The molecule has 8 heteroatoms. The third-order valence-electron chi connectivity index (χ3n) is 4.93. The monoisotopic (exact) mass is 397 g/mol. The molecule has 0 spiro atoms. The lowest BCUT2D eigenvalue weighted by molar-refractivity contribution is -0.113. The number of carbonyl (C=O) groups is 1. The number of aliphatic hydroxyl groups excluding tert-OH is 1. The summed E-state index contributed by atoms with van der Waals surface area (Å²) < 4.78 is 28.8. The average Bonchev–Trinajstić information content (AvgIpc) is 2.95. The minimum atomic E-state index is -4.02. The Balaban J connectivity index is 1.92. The Morgan fingerprint density at radius 2 is 1.79 bits per heavy atom. The van der Waals surface area contributed by atoms with E-state index in [1.807, 2.05) is 13.0 Å². The number of likely N-dealkylation sites (N-methyl/N-ethyl adjacent to an activating group) is 1. The van der Waals surface area contributed by atoms with Crippen LogP contribution in [0.15, 0.2) is 59.1 Å². The number of hydrogen-bond acceptors (Lipinski definition) is 4. The molecule has 0 saturated heterocycles. The molecule has 0 atom stereocenters. The maximum Gasteiger partial charge on any atom is 0.276 e. The predicted molar refractivity (Wildman–Crippen MR) is 107 cm³/mol. The first-order valence-electron chi connectivity index (χ1n) is 8.61. The fraction of sp³-hybridized carbons (Fsp3) is 0.150. The number of carbonyl (C=O) groups excluding carboxylic acids is 1. The lowest BCUT2D eigenvalue weighted by Crippen LogP contribution is -2.37. The first-order chi connectivity index (χ1) is 13.2. The number of nitrogens with zero attached hydrogens (tertiary/aromatic N) is 2. The number of aliphatic hydroxyl groups is 1. The Labute approximate surface area is 162 Å². The number of aryl methyl sites for hydroxylation is 2. The van der Waals surface area contributed by atoms with Gasteiger partial charge in [0.25, 0.3) is 15.9 Å². The van der Waals surface area contributed by atoms with Gasteiger partial charge in [0.1, 0.15) is 10.6 Å². The van der Waals surface area contributed by atoms with E-state index in [2.05, 4.69) is 5.32 Å². The number of anilines is 1. The SMILES string of the molecule is Cc1cccc(NC(=O)C2=C(O)c3c(c4ccccc4n3C)S(=O)(=O)N2C)c1. The number of rotatable bonds is 2. The average molecular weight is 397 g/mol. The van der Waals surface area contributed by atoms with Crippen molar-refractivity contribution in [3.63, 3.8) is 0 Å². The number of aromatic nitrogens is 1. The van der Waals surface area contributed by atoms with Crippen molar-refractivity contribution in [3.05, 3.63) is 65.5 Å². The van der Waals surface area contributed by atoms with Crippen molar-refractivity contribution in [2.75, 3.05) is 12.4 Å². The number of fused-ring (bicyclic) bond motifs is 3. The molecule has 1 aliphatic heterocycles. The summed E-state index contributed by atoms with van der Waals surface area (Å²) in [6.07, 6.45) is 0. The van der Waals surface area contributed by atoms with E-state index < -0.39 is 15.9 Å². The van der Waals surface area contributed by atoms with Gasteiger partial charge in [-0.15, -0.1) is 0 Å². The van der Waals surface area contributed by atoms with Crippen molar-refractivity contribution >= 4 is 38.3 Å². The van der Waals surface area contributed by atoms with Gasteiger partial charge in [-0.1, -0.05) is 30.3 Å². The lowest BCUT2D eigenvalue weighted by atomic mass is 10.2. The zero-order valence-corrected chi connectivity index (χ0v) is 16.4. The smallest absolute Gasteiger partial charge is 0.276 e. The molecule has 4 rings (SSSR count). The number of benzene rings is 2. The van der Waals surface area contributed by atoms with Crippen molar-refractivity contribution in [1.82, 2.24) is 8.87 Å². The van der Waals surface area contributed by atoms with Crippen LogP contribution in [0, 0.1) is 6.92 Å². The highest BCUT2D eigenvalue weighted by atomic mass is 32.2. The molecule has 2 N–H and O–H groups in total. The summed E-state index contributed by atoms with van der Waals surface area (Å²) in [5.41, 5.74) is 1.89. The van der Waals surface area contributed by atoms with E-state index in [4.69, 9.17) is 0 Å². The van der Waals surface area contributed by atoms with Crippen LogP contribution in [0.4, 0.5) is 5.69 Å². The molecule has 0 saturated carbocycles. The summed E-state index contributed by atoms with van der Waals surface area (Å²) in [5, 5.41) is 14.1. The Hall–Kier alpha value is -3.26. The van der Waals surface area contributed by atoms with Gasteiger partial charge in [-0.05, 0) is 30.7 Å². The third kappa shape index (κ3) is 2.49. The van der Waals surface area contributed by atoms with Crippen molar-refractivity contribution in [1.29, 1.82) is 0 Å². The summed E-state index contributed by atoms with van der Waals surface area (Å²) in [5.74, 6) is -1.08. The molecule has 1 amide bonds. The molecule has 0 radical (unpaired) electrons. The molecule has 1 aromatic heterocycles. The van der Waals surface area contributed by atoms with Crippen LogP contribution in [0.2, 0.25) is 0 Å². The molecule has 2 heterocycles. The van der Waals surface area contributed by atoms with Gasteiger partial charge >= 0.3 is 0 Å². The van der Waals surface area contributed by atoms with E-state index >= 15 is 0 Å². The molecule has 0 unspecified atom stereocenters. The summed E-state index contributed by atoms with van der Waals surface area (Å²) in [7, 11) is -1.09. The van der Waals surface area contributed by atoms with Crippen LogP contribution in [-0.4, -0.2) is 35.4 Å². The zero-order chi connectivity index (χ0) is 20.2. The third-order valence-corrected chi connectivity index (χ3v) is 6.77. The number of amides is 1. The molecule has 144 valence electrons. The van der Waals surface area contributed by atoms with E-state index in [1.165, 1.54) is 7.05 Å². The second-order valence-electron chi connectivity index (χ2n) is 6.75. The minimum absolute atomic E-state index is 0.00212. The van der Waals surface area contributed by atoms with Gasteiger partial charge in [-0.2, -0.15) is 0 Å². The van der Waals surface area contributed by atoms with Crippen LogP contribution in [0.1, 0.15) is 11.3 Å². The molecule has 0 bridgehead atoms. The highest BCUT2D eigenvalue weighted by Gasteiger charge is 2.41. The van der Waals surface area contributed by atoms with Crippen molar-refractivity contribution in [2.45, 2.75) is 11.8 Å². The highest BCUT2D eigenvalue weighted by Crippen LogP contribution is 2.40. The van der Waals surface area contributed by atoms with Crippen LogP contribution in [0.3, 0.4) is 0 Å². The van der Waals surface area contributed by atoms with E-state index in [0.717, 1.165) is 9.87 Å². The van der Waals surface area contributed by atoms with Crippen LogP contribution in [-0.2, 0) is 21.9 Å². The number of hydrogen-bond donors (Lipinski definition) is 2. The molecule has 28 heavy (non-hydrogen) atoms. The standard InChI is InChI=1S/C20H19N3O4S/c1-12-7-6-8-13(11-12)21-20(25)17-18(24)16-19(28(26,27)23(17)3)14-9-4-5-10-15(14)22(16)2/h4-11,24H,1-3H3,(H,21,25). The molecule has 1 aliphatic rings. The Morgan fingerprint density at radius 3 is 2.50 bits per heavy atom. The van der Waals surface area contributed by atoms with Crippen LogP contribution in [0.25, 0.3) is 16.7 Å². The molecule has 0 aliphatic carbocycles. The molecule has 7 nitrogen and oxygen atoms in total. The van der Waals surface area contributed by atoms with Gasteiger partial charge in [-0.25, -0.2) is 8.42 Å². The van der Waals surface area contributed by atoms with Gasteiger partial charge < -0.3 is 15.0 Å². The van der Waals surface area contributed by atoms with Gasteiger partial charge in [0.2, 0.25) is 0 Å². The lowest BCUT2D eigenvalue weighted by Gasteiger charge is -2.27. The van der Waals surface area contributed by atoms with E-state index in [1.54, 1.807) is 54.1 Å². The second kappa shape index (κ2) is 6.13. The minimum Gasteiger partial charge on any atom is -0.504 e.